The number of benzene rings is 1. The summed E-state index contributed by atoms with van der Waals surface area (Å²) in [5.41, 5.74) is 2.97. The minimum Gasteiger partial charge on any atom is -0.447 e. The van der Waals surface area contributed by atoms with E-state index >= 15 is 0 Å². The molecular formula is C20H25N3O3. The fourth-order valence-electron chi connectivity index (χ4n) is 3.38. The number of hydrogen-bond donors (Lipinski definition) is 0. The minimum atomic E-state index is -0.0695. The zero-order valence-corrected chi connectivity index (χ0v) is 15.2. The van der Waals surface area contributed by atoms with Crippen molar-refractivity contribution in [3.05, 3.63) is 53.2 Å². The molecule has 0 N–H and O–H groups in total. The lowest BCUT2D eigenvalue weighted by Crippen LogP contribution is -2.40. The van der Waals surface area contributed by atoms with E-state index in [9.17, 15) is 4.79 Å². The van der Waals surface area contributed by atoms with Gasteiger partial charge in [0.15, 0.2) is 5.69 Å². The summed E-state index contributed by atoms with van der Waals surface area (Å²) in [7, 11) is 0. The highest BCUT2D eigenvalue weighted by Crippen LogP contribution is 2.30. The molecule has 1 saturated carbocycles. The number of aromatic nitrogens is 1. The Kier molecular flexibility index (Phi) is 5.04. The van der Waals surface area contributed by atoms with Crippen molar-refractivity contribution >= 4 is 5.91 Å². The smallest absolute Gasteiger partial charge is 0.275 e. The fourth-order valence-corrected chi connectivity index (χ4v) is 3.38. The molecule has 6 nitrogen and oxygen atoms in total. The van der Waals surface area contributed by atoms with E-state index in [0.717, 1.165) is 6.54 Å². The zero-order chi connectivity index (χ0) is 17.9. The number of hydrogen-bond acceptors (Lipinski definition) is 5. The molecule has 138 valence electrons. The summed E-state index contributed by atoms with van der Waals surface area (Å²) in [5.74, 6) is 0.543. The van der Waals surface area contributed by atoms with Gasteiger partial charge in [-0.2, -0.15) is 0 Å². The summed E-state index contributed by atoms with van der Waals surface area (Å²) < 4.78 is 10.9. The van der Waals surface area contributed by atoms with Gasteiger partial charge in [0.05, 0.1) is 19.8 Å². The number of oxazole rings is 1. The maximum absolute atomic E-state index is 12.5. The molecule has 1 saturated heterocycles. The first-order chi connectivity index (χ1) is 12.7. The predicted octanol–water partition coefficient (Wildman–Crippen LogP) is 2.62. The largest absolute Gasteiger partial charge is 0.447 e. The summed E-state index contributed by atoms with van der Waals surface area (Å²) in [5, 5.41) is 0. The highest BCUT2D eigenvalue weighted by molar-refractivity contribution is 5.92. The van der Waals surface area contributed by atoms with E-state index in [0.29, 0.717) is 50.5 Å². The van der Waals surface area contributed by atoms with E-state index in [-0.39, 0.29) is 5.91 Å². The first kappa shape index (κ1) is 17.2. The van der Waals surface area contributed by atoms with E-state index in [4.69, 9.17) is 9.15 Å². The first-order valence-corrected chi connectivity index (χ1v) is 9.30. The molecule has 1 amide bonds. The molecule has 0 atom stereocenters. The van der Waals surface area contributed by atoms with E-state index < -0.39 is 0 Å². The second-order valence-corrected chi connectivity index (χ2v) is 7.16. The quantitative estimate of drug-likeness (QED) is 0.797. The summed E-state index contributed by atoms with van der Waals surface area (Å²) in [6.45, 7) is 6.02. The molecule has 1 aromatic heterocycles. The van der Waals surface area contributed by atoms with Crippen LogP contribution in [-0.2, 0) is 17.8 Å². The van der Waals surface area contributed by atoms with Gasteiger partial charge in [0.25, 0.3) is 5.91 Å². The molecule has 1 aliphatic carbocycles. The van der Waals surface area contributed by atoms with Gasteiger partial charge in [-0.05, 0) is 25.3 Å². The highest BCUT2D eigenvalue weighted by Gasteiger charge is 2.30. The van der Waals surface area contributed by atoms with Crippen LogP contribution < -0.4 is 0 Å². The Labute approximate surface area is 153 Å². The van der Waals surface area contributed by atoms with Crippen LogP contribution in [0.25, 0.3) is 0 Å². The van der Waals surface area contributed by atoms with Crippen molar-refractivity contribution in [1.82, 2.24) is 14.8 Å². The van der Waals surface area contributed by atoms with Crippen molar-refractivity contribution in [2.75, 3.05) is 26.3 Å². The molecule has 0 bridgehead atoms. The van der Waals surface area contributed by atoms with Gasteiger partial charge < -0.3 is 14.1 Å². The third-order valence-corrected chi connectivity index (χ3v) is 4.94. The molecule has 0 unspecified atom stereocenters. The normalized spacial score (nSPS) is 17.7. The number of morpholine rings is 1. The molecule has 2 aliphatic rings. The fraction of sp³-hybridized carbons (Fsp3) is 0.500. The van der Waals surface area contributed by atoms with E-state index in [1.165, 1.54) is 30.2 Å². The average molecular weight is 355 g/mol. The Morgan fingerprint density at radius 2 is 2.08 bits per heavy atom. The predicted molar refractivity (Wildman–Crippen MR) is 96.7 cm³/mol. The number of rotatable bonds is 6. The Bertz CT molecular complexity index is 763. The molecule has 1 aromatic carbocycles. The monoisotopic (exact) mass is 355 g/mol. The number of carbonyl (C=O) groups is 1. The van der Waals surface area contributed by atoms with Crippen LogP contribution in [0.15, 0.2) is 34.9 Å². The summed E-state index contributed by atoms with van der Waals surface area (Å²) in [4.78, 5) is 21.1. The van der Waals surface area contributed by atoms with Crippen molar-refractivity contribution in [3.8, 4) is 0 Å². The molecule has 0 spiro atoms. The Balaban J connectivity index is 1.42. The molecule has 26 heavy (non-hydrogen) atoms. The van der Waals surface area contributed by atoms with Crippen LogP contribution in [-0.4, -0.2) is 53.0 Å². The number of ether oxygens (including phenoxy) is 1. The standard InChI is InChI=1S/C20H25N3O3/c1-15-3-2-4-16(11-15)12-23(17-5-6-17)13-19-21-18(14-26-19)20(24)22-7-9-25-10-8-22/h2-4,11,14,17H,5-10,12-13H2,1H3. The van der Waals surface area contributed by atoms with Crippen LogP contribution in [0.5, 0.6) is 0 Å². The average Bonchev–Trinajstić information content (AvgIpc) is 3.41. The summed E-state index contributed by atoms with van der Waals surface area (Å²) >= 11 is 0. The lowest BCUT2D eigenvalue weighted by Gasteiger charge is -2.25. The lowest BCUT2D eigenvalue weighted by molar-refractivity contribution is 0.0299. The van der Waals surface area contributed by atoms with Crippen molar-refractivity contribution in [1.29, 1.82) is 0 Å². The van der Waals surface area contributed by atoms with Crippen molar-refractivity contribution in [2.24, 2.45) is 0 Å². The maximum atomic E-state index is 12.5. The SMILES string of the molecule is Cc1cccc(CN(Cc2nc(C(=O)N3CCOCC3)co2)C2CC2)c1. The molecule has 2 fully saturated rings. The third-order valence-electron chi connectivity index (χ3n) is 4.94. The van der Waals surface area contributed by atoms with Crippen molar-refractivity contribution in [3.63, 3.8) is 0 Å². The maximum Gasteiger partial charge on any atom is 0.275 e. The molecule has 0 radical (unpaired) electrons. The lowest BCUT2D eigenvalue weighted by atomic mass is 10.1. The number of aryl methyl sites for hydroxylation is 1. The number of amides is 1. The molecule has 4 rings (SSSR count). The molecule has 2 aromatic rings. The Morgan fingerprint density at radius 1 is 1.27 bits per heavy atom. The summed E-state index contributed by atoms with van der Waals surface area (Å²) in [6.07, 6.45) is 3.92. The molecular weight excluding hydrogens is 330 g/mol. The van der Waals surface area contributed by atoms with Crippen LogP contribution in [0.2, 0.25) is 0 Å². The van der Waals surface area contributed by atoms with Crippen LogP contribution in [0, 0.1) is 6.92 Å². The van der Waals surface area contributed by atoms with Crippen LogP contribution in [0.3, 0.4) is 0 Å². The van der Waals surface area contributed by atoms with Crippen LogP contribution in [0.1, 0.15) is 40.3 Å². The van der Waals surface area contributed by atoms with Gasteiger partial charge in [-0.25, -0.2) is 4.98 Å². The van der Waals surface area contributed by atoms with E-state index in [1.807, 2.05) is 0 Å². The Morgan fingerprint density at radius 3 is 2.81 bits per heavy atom. The summed E-state index contributed by atoms with van der Waals surface area (Å²) in [6, 6.07) is 9.17. The number of nitrogens with zero attached hydrogens (tertiary/aromatic N) is 3. The molecule has 2 heterocycles. The van der Waals surface area contributed by atoms with Crippen molar-refractivity contribution < 1.29 is 13.9 Å². The third kappa shape index (κ3) is 4.14. The molecule has 1 aliphatic heterocycles. The van der Waals surface area contributed by atoms with Gasteiger partial charge in [0, 0.05) is 25.7 Å². The van der Waals surface area contributed by atoms with Gasteiger partial charge in [-0.1, -0.05) is 29.8 Å². The van der Waals surface area contributed by atoms with Gasteiger partial charge in [-0.3, -0.25) is 9.69 Å². The van der Waals surface area contributed by atoms with Crippen LogP contribution in [0.4, 0.5) is 0 Å². The van der Waals surface area contributed by atoms with E-state index in [1.54, 1.807) is 4.90 Å². The van der Waals surface area contributed by atoms with E-state index in [2.05, 4.69) is 41.1 Å². The van der Waals surface area contributed by atoms with Gasteiger partial charge in [-0.15, -0.1) is 0 Å². The number of carbonyl (C=O) groups excluding carboxylic acids is 1. The first-order valence-electron chi connectivity index (χ1n) is 9.30. The minimum absolute atomic E-state index is 0.0695. The van der Waals surface area contributed by atoms with Crippen LogP contribution >= 0.6 is 0 Å². The topological polar surface area (TPSA) is 58.8 Å². The Hall–Kier alpha value is -2.18. The second kappa shape index (κ2) is 7.60. The highest BCUT2D eigenvalue weighted by atomic mass is 16.5. The molecule has 6 heteroatoms. The zero-order valence-electron chi connectivity index (χ0n) is 15.2. The second-order valence-electron chi connectivity index (χ2n) is 7.16. The van der Waals surface area contributed by atoms with Gasteiger partial charge in [0.2, 0.25) is 5.89 Å². The van der Waals surface area contributed by atoms with Gasteiger partial charge in [0.1, 0.15) is 6.26 Å². The van der Waals surface area contributed by atoms with Gasteiger partial charge >= 0.3 is 0 Å². The van der Waals surface area contributed by atoms with Crippen molar-refractivity contribution in [2.45, 2.75) is 38.9 Å².